The van der Waals surface area contributed by atoms with Gasteiger partial charge in [-0.05, 0) is 40.9 Å². The normalized spacial score (nSPS) is 15.0. The highest BCUT2D eigenvalue weighted by Gasteiger charge is 2.22. The molecule has 0 aliphatic rings. The van der Waals surface area contributed by atoms with E-state index in [1.165, 1.54) is 4.57 Å². The molecule has 230 valence electrons. The van der Waals surface area contributed by atoms with E-state index in [0.29, 0.717) is 16.7 Å². The Hall–Kier alpha value is -6.65. The molecule has 0 amide bonds. The Morgan fingerprint density at radius 2 is 0.898 bits per heavy atom. The number of aromatic nitrogens is 4. The molecule has 0 bridgehead atoms. The molecule has 0 aliphatic carbocycles. The van der Waals surface area contributed by atoms with Crippen LogP contribution in [0.4, 0.5) is 0 Å². The van der Waals surface area contributed by atoms with Crippen LogP contribution in [0.15, 0.2) is 182 Å². The Labute approximate surface area is 302 Å². The van der Waals surface area contributed by atoms with Gasteiger partial charge in [-0.15, -0.1) is 0 Å². The van der Waals surface area contributed by atoms with E-state index >= 15 is 0 Å². The van der Waals surface area contributed by atoms with Gasteiger partial charge in [0.1, 0.15) is 0 Å². The molecular weight excluding hydrogens is 597 g/mol. The molecule has 4 nitrogen and oxygen atoms in total. The summed E-state index contributed by atoms with van der Waals surface area (Å²) < 4.78 is 116. The molecular formula is C45H30N4. The van der Waals surface area contributed by atoms with Gasteiger partial charge in [-0.25, -0.2) is 15.0 Å². The predicted octanol–water partition coefficient (Wildman–Crippen LogP) is 11.3. The molecule has 9 aromatic rings. The molecule has 0 unspecified atom stereocenters. The van der Waals surface area contributed by atoms with E-state index in [1.54, 1.807) is 48.5 Å². The maximum Gasteiger partial charge on any atom is 0.166 e. The van der Waals surface area contributed by atoms with Gasteiger partial charge in [0.25, 0.3) is 0 Å². The quantitative estimate of drug-likeness (QED) is 0.182. The van der Waals surface area contributed by atoms with Gasteiger partial charge < -0.3 is 4.57 Å². The summed E-state index contributed by atoms with van der Waals surface area (Å²) in [6, 6.07) is 23.8. The summed E-state index contributed by atoms with van der Waals surface area (Å²) in [7, 11) is 0. The number of nitrogens with zero attached hydrogens (tertiary/aromatic N) is 4. The molecule has 2 aromatic heterocycles. The molecule has 0 aliphatic heterocycles. The van der Waals surface area contributed by atoms with Crippen molar-refractivity contribution in [2.75, 3.05) is 0 Å². The summed E-state index contributed by atoms with van der Waals surface area (Å²) in [5.74, 6) is -0.251. The molecule has 4 heteroatoms. The first kappa shape index (κ1) is 18.0. The molecule has 2 heterocycles. The lowest BCUT2D eigenvalue weighted by Crippen LogP contribution is -2.05. The molecule has 0 spiro atoms. The van der Waals surface area contributed by atoms with Crippen molar-refractivity contribution in [2.24, 2.45) is 0 Å². The van der Waals surface area contributed by atoms with Crippen LogP contribution in [-0.4, -0.2) is 19.5 Å². The zero-order chi connectivity index (χ0) is 43.9. The second kappa shape index (κ2) is 12.2. The van der Waals surface area contributed by atoms with Gasteiger partial charge in [0.05, 0.1) is 34.5 Å². The van der Waals surface area contributed by atoms with E-state index in [4.69, 9.17) is 25.0 Å². The maximum atomic E-state index is 9.33. The van der Waals surface area contributed by atoms with E-state index in [1.807, 2.05) is 54.6 Å². The van der Waals surface area contributed by atoms with Crippen molar-refractivity contribution in [3.05, 3.63) is 182 Å². The molecule has 0 saturated carbocycles. The molecule has 9 rings (SSSR count). The molecule has 0 fully saturated rings. The smallest absolute Gasteiger partial charge is 0.166 e. The van der Waals surface area contributed by atoms with Crippen molar-refractivity contribution in [3.63, 3.8) is 0 Å². The Kier molecular flexibility index (Phi) is 4.48. The van der Waals surface area contributed by atoms with Crippen molar-refractivity contribution in [1.82, 2.24) is 19.5 Å². The van der Waals surface area contributed by atoms with Crippen molar-refractivity contribution in [1.29, 1.82) is 0 Å². The van der Waals surface area contributed by atoms with Crippen LogP contribution in [0, 0.1) is 0 Å². The van der Waals surface area contributed by atoms with Crippen LogP contribution in [0.3, 0.4) is 0 Å². The van der Waals surface area contributed by atoms with Crippen molar-refractivity contribution < 1.29 is 17.8 Å². The van der Waals surface area contributed by atoms with Crippen LogP contribution in [0.5, 0.6) is 0 Å². The van der Waals surface area contributed by atoms with E-state index in [9.17, 15) is 2.74 Å². The largest absolute Gasteiger partial charge is 0.308 e. The summed E-state index contributed by atoms with van der Waals surface area (Å²) in [5.41, 5.74) is 3.12. The van der Waals surface area contributed by atoms with Crippen LogP contribution in [-0.2, 0) is 0 Å². The van der Waals surface area contributed by atoms with Gasteiger partial charge >= 0.3 is 0 Å². The van der Waals surface area contributed by atoms with Gasteiger partial charge in [0, 0.05) is 33.0 Å². The minimum Gasteiger partial charge on any atom is -0.308 e. The van der Waals surface area contributed by atoms with E-state index in [-0.39, 0.29) is 56.1 Å². The van der Waals surface area contributed by atoms with Crippen LogP contribution in [0.25, 0.3) is 83.9 Å². The average Bonchev–Trinajstić information content (AvgIpc) is 3.66. The summed E-state index contributed by atoms with van der Waals surface area (Å²) >= 11 is 0. The van der Waals surface area contributed by atoms with Crippen LogP contribution in [0.2, 0.25) is 0 Å². The first-order chi connectivity index (χ1) is 29.7. The predicted molar refractivity (Wildman–Crippen MR) is 201 cm³/mol. The Balaban J connectivity index is 1.50. The highest BCUT2D eigenvalue weighted by atomic mass is 15.1. The second-order valence-corrected chi connectivity index (χ2v) is 11.1. The number of hydrogen-bond acceptors (Lipinski definition) is 3. The molecule has 7 aromatic carbocycles. The fourth-order valence-electron chi connectivity index (χ4n) is 6.03. The number of benzene rings is 7. The fraction of sp³-hybridized carbons (Fsp3) is 0. The van der Waals surface area contributed by atoms with Crippen molar-refractivity contribution >= 4 is 21.8 Å². The maximum absolute atomic E-state index is 9.33. The standard InChI is InChI=1S/C45H30N4/c1-4-16-31(17-5-1)34-22-14-23-35(30-34)36-26-15-27-39(42(36)49-40-28-12-10-24-37(40)38-25-11-13-29-41(38)49)45-47-43(32-18-6-2-7-19-32)46-44(48-45)33-20-8-3-9-21-33/h1-30H/i2D,6D,7D,10D,11D,12D,13D,18D,19D,24D,25D,28D,29D. The first-order valence-corrected chi connectivity index (χ1v) is 15.4. The fourth-order valence-corrected chi connectivity index (χ4v) is 6.03. The van der Waals surface area contributed by atoms with Crippen molar-refractivity contribution in [3.8, 4) is 62.1 Å². The Morgan fingerprint density at radius 3 is 1.59 bits per heavy atom. The van der Waals surface area contributed by atoms with Gasteiger partial charge in [0.15, 0.2) is 17.5 Å². The zero-order valence-corrected chi connectivity index (χ0v) is 25.6. The average molecular weight is 640 g/mol. The summed E-state index contributed by atoms with van der Waals surface area (Å²) in [6.07, 6.45) is 0. The Bertz CT molecular complexity index is 3230. The molecule has 0 atom stereocenters. The van der Waals surface area contributed by atoms with Crippen LogP contribution >= 0.6 is 0 Å². The SMILES string of the molecule is [2H]c1c([2H])c([2H])c(-c2nc(-c3ccccc3)nc(-c3cccc(-c4cccc(-c5ccccc5)c4)c3-n3c4c([2H])c([2H])c([2H])c([2H])c4c4c([2H])c([2H])c([2H])c([2H])c43)n2)c([2H])c1[2H]. The zero-order valence-electron chi connectivity index (χ0n) is 38.6. The van der Waals surface area contributed by atoms with Crippen LogP contribution in [0.1, 0.15) is 17.8 Å². The summed E-state index contributed by atoms with van der Waals surface area (Å²) in [4.78, 5) is 14.4. The van der Waals surface area contributed by atoms with Gasteiger partial charge in [-0.2, -0.15) is 0 Å². The van der Waals surface area contributed by atoms with E-state index < -0.39 is 78.6 Å². The third-order valence-electron chi connectivity index (χ3n) is 8.20. The topological polar surface area (TPSA) is 43.6 Å². The minimum atomic E-state index is -0.602. The van der Waals surface area contributed by atoms with Gasteiger partial charge in [0.2, 0.25) is 0 Å². The second-order valence-electron chi connectivity index (χ2n) is 11.1. The lowest BCUT2D eigenvalue weighted by molar-refractivity contribution is 1.06. The lowest BCUT2D eigenvalue weighted by atomic mass is 9.95. The van der Waals surface area contributed by atoms with Gasteiger partial charge in [-0.3, -0.25) is 0 Å². The lowest BCUT2D eigenvalue weighted by Gasteiger charge is -2.19. The monoisotopic (exact) mass is 639 g/mol. The number of para-hydroxylation sites is 3. The number of rotatable bonds is 6. The molecule has 0 saturated heterocycles. The van der Waals surface area contributed by atoms with E-state index in [2.05, 4.69) is 4.98 Å². The molecule has 0 N–H and O–H groups in total. The number of fused-ring (bicyclic) bond motifs is 3. The van der Waals surface area contributed by atoms with Crippen molar-refractivity contribution in [2.45, 2.75) is 0 Å². The number of hydrogen-bond donors (Lipinski definition) is 0. The highest BCUT2D eigenvalue weighted by molar-refractivity contribution is 6.10. The Morgan fingerprint density at radius 1 is 0.388 bits per heavy atom. The highest BCUT2D eigenvalue weighted by Crippen LogP contribution is 2.41. The van der Waals surface area contributed by atoms with Gasteiger partial charge in [-0.1, -0.05) is 157 Å². The van der Waals surface area contributed by atoms with Crippen LogP contribution < -0.4 is 0 Å². The third-order valence-corrected chi connectivity index (χ3v) is 8.20. The van der Waals surface area contributed by atoms with E-state index in [0.717, 1.165) is 11.1 Å². The summed E-state index contributed by atoms with van der Waals surface area (Å²) in [6.45, 7) is 0. The molecule has 49 heavy (non-hydrogen) atoms. The molecule has 0 radical (unpaired) electrons. The summed E-state index contributed by atoms with van der Waals surface area (Å²) in [5, 5.41) is -0.255. The third kappa shape index (κ3) is 5.16. The minimum absolute atomic E-state index is 0.0749. The first-order valence-electron chi connectivity index (χ1n) is 21.9.